The maximum Gasteiger partial charge on any atom is 0.410 e. The number of hydrogen-bond acceptors (Lipinski definition) is 8. The summed E-state index contributed by atoms with van der Waals surface area (Å²) in [6.07, 6.45) is 1.38. The molecule has 48 heavy (non-hydrogen) atoms. The number of ether oxygens (including phenoxy) is 5. The number of aromatic nitrogens is 2. The number of carbonyl (C=O) groups is 2. The largest absolute Gasteiger partial charge is 0.445 e. The summed E-state index contributed by atoms with van der Waals surface area (Å²) in [6, 6.07) is 11.9. The highest BCUT2D eigenvalue weighted by Gasteiger charge is 2.54. The Morgan fingerprint density at radius 1 is 1.04 bits per heavy atom. The Balaban J connectivity index is 1.43. The molecule has 2 fully saturated rings. The molecule has 3 amide bonds. The summed E-state index contributed by atoms with van der Waals surface area (Å²) in [5, 5.41) is 11.0. The Hall–Kier alpha value is -4.04. The second-order valence-electron chi connectivity index (χ2n) is 12.9. The standard InChI is InChI=1S/C35H44FN5O7/c1-22-17-26(18-23(2)29(22)36)41-31(38-32(42)37-19-27(44-4)45-5)28-24(3)40(33(43)46-20-25-9-7-6-8-10-25)21-34(30(28)39-41)11-13-35(14-12-34)47-15-16-48-35/h6-10,17-18,24,27H,11-16,19-21H2,1-5H3,(H2,37,38,42)/t24-/m0/s1. The van der Waals surface area contributed by atoms with Crippen molar-refractivity contribution in [3.8, 4) is 5.69 Å². The Labute approximate surface area is 279 Å². The van der Waals surface area contributed by atoms with Crippen molar-refractivity contribution in [2.75, 3.05) is 45.8 Å². The third-order valence-corrected chi connectivity index (χ3v) is 9.86. The van der Waals surface area contributed by atoms with Crippen molar-refractivity contribution in [1.82, 2.24) is 20.0 Å². The van der Waals surface area contributed by atoms with E-state index < -0.39 is 35.7 Å². The molecule has 1 saturated carbocycles. The lowest BCUT2D eigenvalue weighted by atomic mass is 9.66. The van der Waals surface area contributed by atoms with Gasteiger partial charge in [0.05, 0.1) is 37.2 Å². The molecule has 1 aliphatic carbocycles. The van der Waals surface area contributed by atoms with Gasteiger partial charge < -0.3 is 33.9 Å². The molecule has 1 aromatic heterocycles. The number of benzene rings is 2. The van der Waals surface area contributed by atoms with Gasteiger partial charge in [-0.1, -0.05) is 30.3 Å². The van der Waals surface area contributed by atoms with Crippen molar-refractivity contribution in [3.05, 3.63) is 76.2 Å². The Kier molecular flexibility index (Phi) is 9.75. The van der Waals surface area contributed by atoms with Gasteiger partial charge in [-0.2, -0.15) is 5.10 Å². The maximum atomic E-state index is 14.8. The molecule has 2 N–H and O–H groups in total. The Morgan fingerprint density at radius 3 is 2.31 bits per heavy atom. The molecular formula is C35H44FN5O7. The van der Waals surface area contributed by atoms with Crippen LogP contribution in [-0.2, 0) is 35.7 Å². The lowest BCUT2D eigenvalue weighted by Gasteiger charge is -2.49. The zero-order chi connectivity index (χ0) is 34.1. The molecule has 12 nitrogen and oxygen atoms in total. The van der Waals surface area contributed by atoms with Gasteiger partial charge in [-0.25, -0.2) is 18.7 Å². The molecule has 2 aromatic carbocycles. The normalized spacial score (nSPS) is 19.5. The van der Waals surface area contributed by atoms with E-state index in [0.29, 0.717) is 73.6 Å². The fraction of sp³-hybridized carbons (Fsp3) is 0.514. The fourth-order valence-corrected chi connectivity index (χ4v) is 7.17. The summed E-state index contributed by atoms with van der Waals surface area (Å²) in [7, 11) is 2.97. The summed E-state index contributed by atoms with van der Waals surface area (Å²) in [5.41, 5.74) is 3.22. The van der Waals surface area contributed by atoms with Crippen LogP contribution in [0.5, 0.6) is 0 Å². The summed E-state index contributed by atoms with van der Waals surface area (Å²) < 4.78 is 44.9. The number of carbonyl (C=O) groups excluding carboxylic acids is 2. The number of hydrogen-bond donors (Lipinski definition) is 2. The fourth-order valence-electron chi connectivity index (χ4n) is 7.17. The summed E-state index contributed by atoms with van der Waals surface area (Å²) in [5.74, 6) is -0.582. The summed E-state index contributed by atoms with van der Waals surface area (Å²) in [6.45, 7) is 6.95. The van der Waals surface area contributed by atoms with Gasteiger partial charge in [-0.15, -0.1) is 0 Å². The minimum Gasteiger partial charge on any atom is -0.445 e. The van der Waals surface area contributed by atoms with E-state index in [1.807, 2.05) is 37.3 Å². The van der Waals surface area contributed by atoms with Crippen LogP contribution in [0.3, 0.4) is 0 Å². The number of nitrogens with zero attached hydrogens (tertiary/aromatic N) is 3. The lowest BCUT2D eigenvalue weighted by Crippen LogP contribution is -2.53. The van der Waals surface area contributed by atoms with E-state index in [1.54, 1.807) is 35.6 Å². The van der Waals surface area contributed by atoms with Gasteiger partial charge in [0.25, 0.3) is 0 Å². The second kappa shape index (κ2) is 13.8. The minimum atomic E-state index is -0.652. The molecule has 2 aliphatic heterocycles. The van der Waals surface area contributed by atoms with Gasteiger partial charge >= 0.3 is 12.1 Å². The molecule has 2 spiro atoms. The smallest absolute Gasteiger partial charge is 0.410 e. The molecule has 258 valence electrons. The SMILES string of the molecule is COC(CNC(=O)Nc1c2c(nn1-c1cc(C)c(F)c(C)c1)C1(CCC3(CC1)OCCO3)CN(C(=O)OCc1ccccc1)[C@H]2C)OC. The van der Waals surface area contributed by atoms with Crippen molar-refractivity contribution in [2.24, 2.45) is 0 Å². The molecule has 1 saturated heterocycles. The minimum absolute atomic E-state index is 0.0867. The number of anilines is 1. The average molecular weight is 666 g/mol. The first-order valence-corrected chi connectivity index (χ1v) is 16.3. The van der Waals surface area contributed by atoms with Crippen LogP contribution in [0.2, 0.25) is 0 Å². The van der Waals surface area contributed by atoms with Crippen molar-refractivity contribution in [3.63, 3.8) is 0 Å². The molecule has 0 bridgehead atoms. The van der Waals surface area contributed by atoms with Crippen molar-refractivity contribution >= 4 is 17.9 Å². The van der Waals surface area contributed by atoms with Crippen molar-refractivity contribution in [1.29, 1.82) is 0 Å². The number of halogens is 1. The topological polar surface area (TPSA) is 125 Å². The maximum absolute atomic E-state index is 14.8. The number of fused-ring (bicyclic) bond motifs is 2. The van der Waals surface area contributed by atoms with Crippen LogP contribution in [0.25, 0.3) is 5.69 Å². The quantitative estimate of drug-likeness (QED) is 0.297. The van der Waals surface area contributed by atoms with Gasteiger partial charge in [0.1, 0.15) is 18.2 Å². The van der Waals surface area contributed by atoms with Crippen LogP contribution in [0.1, 0.15) is 66.6 Å². The molecule has 0 unspecified atom stereocenters. The molecule has 0 radical (unpaired) electrons. The zero-order valence-corrected chi connectivity index (χ0v) is 28.1. The highest BCUT2D eigenvalue weighted by molar-refractivity contribution is 5.90. The second-order valence-corrected chi connectivity index (χ2v) is 12.9. The van der Waals surface area contributed by atoms with Gasteiger partial charge in [0.2, 0.25) is 0 Å². The number of nitrogens with one attached hydrogen (secondary N) is 2. The third kappa shape index (κ3) is 6.51. The first kappa shape index (κ1) is 33.8. The summed E-state index contributed by atoms with van der Waals surface area (Å²) >= 11 is 0. The van der Waals surface area contributed by atoms with Gasteiger partial charge in [0, 0.05) is 44.6 Å². The first-order chi connectivity index (χ1) is 23.1. The predicted octanol–water partition coefficient (Wildman–Crippen LogP) is 5.64. The average Bonchev–Trinajstić information content (AvgIpc) is 3.72. The van der Waals surface area contributed by atoms with Gasteiger partial charge in [-0.3, -0.25) is 5.32 Å². The monoisotopic (exact) mass is 665 g/mol. The predicted molar refractivity (Wildman–Crippen MR) is 174 cm³/mol. The molecule has 3 aromatic rings. The van der Waals surface area contributed by atoms with Crippen molar-refractivity contribution < 1.29 is 37.7 Å². The molecule has 13 heteroatoms. The number of aryl methyl sites for hydroxylation is 2. The third-order valence-electron chi connectivity index (χ3n) is 9.86. The number of methoxy groups -OCH3 is 2. The lowest BCUT2D eigenvalue weighted by molar-refractivity contribution is -0.187. The number of rotatable bonds is 8. The highest BCUT2D eigenvalue weighted by atomic mass is 19.1. The highest BCUT2D eigenvalue weighted by Crippen LogP contribution is 2.53. The first-order valence-electron chi connectivity index (χ1n) is 16.3. The molecular weight excluding hydrogens is 621 g/mol. The summed E-state index contributed by atoms with van der Waals surface area (Å²) in [4.78, 5) is 29.1. The van der Waals surface area contributed by atoms with Gasteiger partial charge in [-0.05, 0) is 62.4 Å². The number of amides is 3. The van der Waals surface area contributed by atoms with E-state index in [9.17, 15) is 14.0 Å². The van der Waals surface area contributed by atoms with E-state index in [4.69, 9.17) is 28.8 Å². The van der Waals surface area contributed by atoms with Crippen LogP contribution >= 0.6 is 0 Å². The van der Waals surface area contributed by atoms with Crippen LogP contribution in [-0.4, -0.2) is 79.4 Å². The van der Waals surface area contributed by atoms with E-state index in [1.165, 1.54) is 14.2 Å². The molecule has 3 heterocycles. The van der Waals surface area contributed by atoms with Crippen LogP contribution < -0.4 is 10.6 Å². The Bertz CT molecular complexity index is 1600. The molecule has 3 aliphatic rings. The molecule has 6 rings (SSSR count). The van der Waals surface area contributed by atoms with Crippen LogP contribution in [0.4, 0.5) is 19.8 Å². The van der Waals surface area contributed by atoms with Crippen LogP contribution in [0.15, 0.2) is 42.5 Å². The zero-order valence-electron chi connectivity index (χ0n) is 28.1. The van der Waals surface area contributed by atoms with E-state index in [-0.39, 0.29) is 19.0 Å². The van der Waals surface area contributed by atoms with E-state index in [2.05, 4.69) is 10.6 Å². The van der Waals surface area contributed by atoms with Crippen molar-refractivity contribution in [2.45, 2.75) is 76.6 Å². The van der Waals surface area contributed by atoms with Crippen LogP contribution in [0, 0.1) is 19.7 Å². The van der Waals surface area contributed by atoms with Gasteiger partial charge in [0.15, 0.2) is 12.1 Å². The Morgan fingerprint density at radius 2 is 1.69 bits per heavy atom. The van der Waals surface area contributed by atoms with E-state index in [0.717, 1.165) is 11.3 Å². The number of urea groups is 1. The van der Waals surface area contributed by atoms with E-state index >= 15 is 0 Å². The molecule has 1 atom stereocenters.